The van der Waals surface area contributed by atoms with E-state index in [4.69, 9.17) is 11.6 Å². The first kappa shape index (κ1) is 21.3. The van der Waals surface area contributed by atoms with Gasteiger partial charge in [-0.05, 0) is 54.1 Å². The maximum atomic E-state index is 12.8. The van der Waals surface area contributed by atoms with E-state index in [0.29, 0.717) is 11.4 Å². The van der Waals surface area contributed by atoms with Gasteiger partial charge >= 0.3 is 12.3 Å². The van der Waals surface area contributed by atoms with Gasteiger partial charge in [0, 0.05) is 29.5 Å². The van der Waals surface area contributed by atoms with Crippen LogP contribution >= 0.6 is 11.6 Å². The maximum absolute atomic E-state index is 12.8. The molecule has 0 aliphatic carbocycles. The summed E-state index contributed by atoms with van der Waals surface area (Å²) in [6, 6.07) is 9.18. The molecule has 9 heteroatoms. The number of carbonyl (C=O) groups is 2. The fourth-order valence-corrected chi connectivity index (χ4v) is 2.39. The van der Waals surface area contributed by atoms with Crippen LogP contribution in [0.5, 0.6) is 0 Å². The van der Waals surface area contributed by atoms with E-state index in [1.807, 2.05) is 0 Å². The number of nitrogens with one attached hydrogen (secondary N) is 1. The first-order valence-electron chi connectivity index (χ1n) is 7.89. The van der Waals surface area contributed by atoms with Gasteiger partial charge in [0.15, 0.2) is 0 Å². The second-order valence-corrected chi connectivity index (χ2v) is 6.04. The Morgan fingerprint density at radius 1 is 1.14 bits per heavy atom. The Morgan fingerprint density at radius 3 is 2.36 bits per heavy atom. The molecule has 2 rings (SSSR count). The molecule has 0 aliphatic heterocycles. The average Bonchev–Trinajstić information content (AvgIpc) is 2.65. The molecule has 0 aliphatic rings. The lowest BCUT2D eigenvalue weighted by molar-refractivity contribution is -0.137. The molecule has 0 saturated heterocycles. The summed E-state index contributed by atoms with van der Waals surface area (Å²) >= 11 is 5.88. The summed E-state index contributed by atoms with van der Waals surface area (Å²) < 4.78 is 42.9. The van der Waals surface area contributed by atoms with Crippen molar-refractivity contribution in [1.82, 2.24) is 0 Å². The number of hydrogen-bond acceptors (Lipinski definition) is 3. The van der Waals surface area contributed by atoms with Crippen molar-refractivity contribution >= 4 is 41.1 Å². The van der Waals surface area contributed by atoms with E-state index in [1.54, 1.807) is 24.3 Å². The maximum Gasteiger partial charge on any atom is 0.416 e. The summed E-state index contributed by atoms with van der Waals surface area (Å²) in [7, 11) is 2.79. The van der Waals surface area contributed by atoms with Crippen LogP contribution in [0.15, 0.2) is 48.5 Å². The number of halogens is 4. The number of hydrogen-bond donors (Lipinski definition) is 1. The first-order chi connectivity index (χ1) is 13.1. The number of ether oxygens (including phenoxy) is 1. The summed E-state index contributed by atoms with van der Waals surface area (Å²) in [6.45, 7) is 0. The molecule has 0 heterocycles. The second kappa shape index (κ2) is 8.79. The highest BCUT2D eigenvalue weighted by atomic mass is 35.5. The lowest BCUT2D eigenvalue weighted by atomic mass is 10.1. The van der Waals surface area contributed by atoms with Gasteiger partial charge in [-0.25, -0.2) is 4.79 Å². The molecule has 2 amide bonds. The highest BCUT2D eigenvalue weighted by Gasteiger charge is 2.30. The van der Waals surface area contributed by atoms with Gasteiger partial charge in [0.05, 0.1) is 12.7 Å². The highest BCUT2D eigenvalue weighted by Crippen LogP contribution is 2.32. The molecule has 0 fully saturated rings. The fraction of sp³-hybridized carbons (Fsp3) is 0.158. The fourth-order valence-electron chi connectivity index (χ4n) is 2.21. The molecule has 2 aromatic rings. The van der Waals surface area contributed by atoms with Gasteiger partial charge in [-0.1, -0.05) is 11.6 Å². The lowest BCUT2D eigenvalue weighted by Gasteiger charge is -2.15. The van der Waals surface area contributed by atoms with Crippen LogP contribution in [0.2, 0.25) is 5.02 Å². The number of benzene rings is 2. The normalized spacial score (nSPS) is 11.4. The Hall–Kier alpha value is -3.00. The van der Waals surface area contributed by atoms with Crippen molar-refractivity contribution in [1.29, 1.82) is 0 Å². The minimum Gasteiger partial charge on any atom is -0.452 e. The summed E-state index contributed by atoms with van der Waals surface area (Å²) in [5, 5.41) is 2.65. The van der Waals surface area contributed by atoms with Crippen LogP contribution in [-0.4, -0.2) is 26.2 Å². The zero-order chi connectivity index (χ0) is 20.9. The summed E-state index contributed by atoms with van der Waals surface area (Å²) in [4.78, 5) is 24.7. The molecule has 0 saturated carbocycles. The van der Waals surface area contributed by atoms with Crippen LogP contribution in [0.25, 0.3) is 6.08 Å². The van der Waals surface area contributed by atoms with Crippen molar-refractivity contribution in [3.63, 3.8) is 0 Å². The minimum atomic E-state index is -4.51. The van der Waals surface area contributed by atoms with Crippen molar-refractivity contribution in [2.45, 2.75) is 6.18 Å². The third kappa shape index (κ3) is 5.50. The van der Waals surface area contributed by atoms with Crippen LogP contribution in [0.1, 0.15) is 11.1 Å². The van der Waals surface area contributed by atoms with E-state index < -0.39 is 23.7 Å². The molecule has 0 unspecified atom stereocenters. The van der Waals surface area contributed by atoms with Crippen molar-refractivity contribution in [2.75, 3.05) is 24.4 Å². The standard InChI is InChI=1S/C19H16ClF3N2O3/c1-25(18(27)28-2)15-7-5-14(6-8-15)24-17(26)10-3-12-11-13(19(21,22)23)4-9-16(12)20/h3-11H,1-2H3,(H,24,26)/b10-3+. The number of amides is 2. The molecular formula is C19H16ClF3N2O3. The van der Waals surface area contributed by atoms with Crippen LogP contribution in [0.4, 0.5) is 29.3 Å². The monoisotopic (exact) mass is 412 g/mol. The Bertz CT molecular complexity index is 896. The number of methoxy groups -OCH3 is 1. The van der Waals surface area contributed by atoms with Gasteiger partial charge in [0.1, 0.15) is 0 Å². The molecule has 2 aromatic carbocycles. The van der Waals surface area contributed by atoms with Crippen molar-refractivity contribution < 1.29 is 27.5 Å². The quantitative estimate of drug-likeness (QED) is 0.701. The molecule has 28 heavy (non-hydrogen) atoms. The third-order valence-corrected chi connectivity index (χ3v) is 4.05. The summed E-state index contributed by atoms with van der Waals surface area (Å²) in [5.74, 6) is -0.553. The highest BCUT2D eigenvalue weighted by molar-refractivity contribution is 6.32. The molecule has 5 nitrogen and oxygen atoms in total. The van der Waals surface area contributed by atoms with Gasteiger partial charge in [-0.15, -0.1) is 0 Å². The van der Waals surface area contributed by atoms with Crippen molar-refractivity contribution in [2.24, 2.45) is 0 Å². The number of carbonyl (C=O) groups excluding carboxylic acids is 2. The summed E-state index contributed by atoms with van der Waals surface area (Å²) in [6.07, 6.45) is -2.77. The van der Waals surface area contributed by atoms with E-state index in [0.717, 1.165) is 24.3 Å². The van der Waals surface area contributed by atoms with Gasteiger partial charge < -0.3 is 10.1 Å². The molecule has 0 spiro atoms. The molecule has 0 radical (unpaired) electrons. The average molecular weight is 413 g/mol. The number of nitrogens with zero attached hydrogens (tertiary/aromatic N) is 1. The van der Waals surface area contributed by atoms with Crippen LogP contribution in [-0.2, 0) is 15.7 Å². The first-order valence-corrected chi connectivity index (χ1v) is 8.27. The zero-order valence-corrected chi connectivity index (χ0v) is 15.6. The van der Waals surface area contributed by atoms with Crippen LogP contribution < -0.4 is 10.2 Å². The van der Waals surface area contributed by atoms with E-state index in [-0.39, 0.29) is 10.6 Å². The summed E-state index contributed by atoms with van der Waals surface area (Å²) in [5.41, 5.74) is 0.201. The predicted molar refractivity (Wildman–Crippen MR) is 101 cm³/mol. The number of alkyl halides is 3. The van der Waals surface area contributed by atoms with Gasteiger partial charge in [-0.3, -0.25) is 9.69 Å². The van der Waals surface area contributed by atoms with E-state index in [9.17, 15) is 22.8 Å². The topological polar surface area (TPSA) is 58.6 Å². The molecule has 0 bridgehead atoms. The Morgan fingerprint density at radius 2 is 1.79 bits per heavy atom. The molecule has 148 valence electrons. The van der Waals surface area contributed by atoms with E-state index in [1.165, 1.54) is 25.1 Å². The second-order valence-electron chi connectivity index (χ2n) is 5.63. The largest absolute Gasteiger partial charge is 0.452 e. The number of anilines is 2. The van der Waals surface area contributed by atoms with E-state index >= 15 is 0 Å². The smallest absolute Gasteiger partial charge is 0.416 e. The predicted octanol–water partition coefficient (Wildman–Crippen LogP) is 5.21. The van der Waals surface area contributed by atoms with Gasteiger partial charge in [0.2, 0.25) is 5.91 Å². The Balaban J connectivity index is 2.07. The van der Waals surface area contributed by atoms with Crippen LogP contribution in [0, 0.1) is 0 Å². The number of rotatable bonds is 4. The Kier molecular flexibility index (Phi) is 6.69. The van der Waals surface area contributed by atoms with Gasteiger partial charge in [0.25, 0.3) is 0 Å². The molecule has 0 aromatic heterocycles. The SMILES string of the molecule is COC(=O)N(C)c1ccc(NC(=O)/C=C/c2cc(C(F)(F)F)ccc2Cl)cc1. The Labute approximate surface area is 164 Å². The lowest BCUT2D eigenvalue weighted by Crippen LogP contribution is -2.25. The van der Waals surface area contributed by atoms with Crippen molar-refractivity contribution in [3.05, 3.63) is 64.7 Å². The van der Waals surface area contributed by atoms with Crippen LogP contribution in [0.3, 0.4) is 0 Å². The minimum absolute atomic E-state index is 0.0710. The molecular weight excluding hydrogens is 397 g/mol. The molecule has 1 N–H and O–H groups in total. The van der Waals surface area contributed by atoms with E-state index in [2.05, 4.69) is 10.1 Å². The zero-order valence-electron chi connectivity index (χ0n) is 14.9. The molecule has 0 atom stereocenters. The van der Waals surface area contributed by atoms with Crippen molar-refractivity contribution in [3.8, 4) is 0 Å². The third-order valence-electron chi connectivity index (χ3n) is 3.71. The van der Waals surface area contributed by atoms with Gasteiger partial charge in [-0.2, -0.15) is 13.2 Å².